The van der Waals surface area contributed by atoms with E-state index in [0.717, 1.165) is 31.6 Å². The Labute approximate surface area is 174 Å². The number of hydrogen-bond donors (Lipinski definition) is 2. The molecule has 0 aromatic heterocycles. The lowest BCUT2D eigenvalue weighted by Crippen LogP contribution is -2.46. The molecule has 0 bridgehead atoms. The number of nitrogens with zero attached hydrogens (tertiary/aromatic N) is 1. The highest BCUT2D eigenvalue weighted by Crippen LogP contribution is 2.13. The molecule has 2 atom stereocenters. The Kier molecular flexibility index (Phi) is 8.46. The average molecular weight is 406 g/mol. The fourth-order valence-corrected chi connectivity index (χ4v) is 3.37. The van der Waals surface area contributed by atoms with Gasteiger partial charge in [0.05, 0.1) is 18.6 Å². The first-order valence-electron chi connectivity index (χ1n) is 10.3. The Balaban J connectivity index is 1.66. The molecular formula is C22H35N3O4. The van der Waals surface area contributed by atoms with Gasteiger partial charge in [-0.2, -0.15) is 0 Å². The lowest BCUT2D eigenvalue weighted by molar-refractivity contribution is -0.120. The molecular weight excluding hydrogens is 370 g/mol. The van der Waals surface area contributed by atoms with Crippen LogP contribution in [0.1, 0.15) is 46.6 Å². The highest BCUT2D eigenvalue weighted by atomic mass is 16.6. The van der Waals surface area contributed by atoms with Crippen LogP contribution in [0.2, 0.25) is 0 Å². The zero-order chi connectivity index (χ0) is 21.4. The Morgan fingerprint density at radius 2 is 1.76 bits per heavy atom. The predicted octanol–water partition coefficient (Wildman–Crippen LogP) is 3.19. The number of carbonyl (C=O) groups excluding carboxylic acids is 2. The van der Waals surface area contributed by atoms with Gasteiger partial charge in [-0.3, -0.25) is 15.0 Å². The summed E-state index contributed by atoms with van der Waals surface area (Å²) in [7, 11) is 0. The van der Waals surface area contributed by atoms with Crippen molar-refractivity contribution in [2.75, 3.05) is 31.5 Å². The smallest absolute Gasteiger partial charge is 0.412 e. The Morgan fingerprint density at radius 3 is 2.34 bits per heavy atom. The first kappa shape index (κ1) is 23.2. The van der Waals surface area contributed by atoms with Crippen LogP contribution in [-0.2, 0) is 20.7 Å². The average Bonchev–Trinajstić information content (AvgIpc) is 2.58. The van der Waals surface area contributed by atoms with Crippen molar-refractivity contribution in [3.05, 3.63) is 29.8 Å². The van der Waals surface area contributed by atoms with Crippen LogP contribution in [0, 0.1) is 0 Å². The van der Waals surface area contributed by atoms with Gasteiger partial charge in [-0.1, -0.05) is 12.1 Å². The molecule has 1 aliphatic rings. The Bertz CT molecular complexity index is 660. The SMILES string of the molecule is CC1CN(CCCNC(=O)Cc2ccc(NC(=O)OC(C)(C)C)cc2)CC(C)O1. The quantitative estimate of drug-likeness (QED) is 0.681. The number of benzene rings is 1. The molecule has 1 aromatic carbocycles. The van der Waals surface area contributed by atoms with Crippen molar-refractivity contribution in [3.63, 3.8) is 0 Å². The molecule has 7 heteroatoms. The van der Waals surface area contributed by atoms with Crippen molar-refractivity contribution in [1.29, 1.82) is 0 Å². The van der Waals surface area contributed by atoms with Crippen molar-refractivity contribution in [1.82, 2.24) is 10.2 Å². The van der Waals surface area contributed by atoms with Gasteiger partial charge in [0.25, 0.3) is 0 Å². The molecule has 1 heterocycles. The van der Waals surface area contributed by atoms with Crippen molar-refractivity contribution in [2.45, 2.75) is 65.3 Å². The highest BCUT2D eigenvalue weighted by Gasteiger charge is 2.21. The van der Waals surface area contributed by atoms with Crippen LogP contribution in [0.25, 0.3) is 0 Å². The molecule has 0 aliphatic carbocycles. The molecule has 2 rings (SSSR count). The fraction of sp³-hybridized carbons (Fsp3) is 0.636. The molecule has 0 radical (unpaired) electrons. The maximum absolute atomic E-state index is 12.2. The van der Waals surface area contributed by atoms with Crippen LogP contribution in [-0.4, -0.2) is 60.9 Å². The first-order valence-corrected chi connectivity index (χ1v) is 10.3. The summed E-state index contributed by atoms with van der Waals surface area (Å²) in [5.41, 5.74) is 0.992. The summed E-state index contributed by atoms with van der Waals surface area (Å²) in [6, 6.07) is 7.21. The van der Waals surface area contributed by atoms with E-state index < -0.39 is 11.7 Å². The highest BCUT2D eigenvalue weighted by molar-refractivity contribution is 5.85. The molecule has 162 valence electrons. The minimum absolute atomic E-state index is 0.00145. The van der Waals surface area contributed by atoms with Crippen LogP contribution >= 0.6 is 0 Å². The van der Waals surface area contributed by atoms with Crippen molar-refractivity contribution >= 4 is 17.7 Å². The van der Waals surface area contributed by atoms with Gasteiger partial charge >= 0.3 is 6.09 Å². The summed E-state index contributed by atoms with van der Waals surface area (Å²) in [5.74, 6) is 0.00145. The molecule has 0 spiro atoms. The van der Waals surface area contributed by atoms with Gasteiger partial charge in [-0.25, -0.2) is 4.79 Å². The van der Waals surface area contributed by atoms with E-state index in [4.69, 9.17) is 9.47 Å². The summed E-state index contributed by atoms with van der Waals surface area (Å²) < 4.78 is 11.0. The lowest BCUT2D eigenvalue weighted by atomic mass is 10.1. The van der Waals surface area contributed by atoms with E-state index in [-0.39, 0.29) is 18.1 Å². The van der Waals surface area contributed by atoms with E-state index in [2.05, 4.69) is 29.4 Å². The second-order valence-electron chi connectivity index (χ2n) is 8.72. The number of rotatable bonds is 7. The summed E-state index contributed by atoms with van der Waals surface area (Å²) in [4.78, 5) is 26.3. The van der Waals surface area contributed by atoms with Gasteiger partial charge < -0.3 is 14.8 Å². The van der Waals surface area contributed by atoms with Gasteiger partial charge in [-0.15, -0.1) is 0 Å². The van der Waals surface area contributed by atoms with Crippen LogP contribution in [0.3, 0.4) is 0 Å². The molecule has 2 N–H and O–H groups in total. The summed E-state index contributed by atoms with van der Waals surface area (Å²) in [5, 5.41) is 5.66. The summed E-state index contributed by atoms with van der Waals surface area (Å²) >= 11 is 0. The van der Waals surface area contributed by atoms with Crippen LogP contribution in [0.15, 0.2) is 24.3 Å². The standard InChI is InChI=1S/C22H35N3O4/c1-16-14-25(15-17(2)28-16)12-6-11-23-20(26)13-18-7-9-19(10-8-18)24-21(27)29-22(3,4)5/h7-10,16-17H,6,11-15H2,1-5H3,(H,23,26)(H,24,27). The van der Waals surface area contributed by atoms with Gasteiger partial charge in [0.1, 0.15) is 5.60 Å². The molecule has 0 saturated carbocycles. The van der Waals surface area contributed by atoms with Crippen molar-refractivity contribution in [3.8, 4) is 0 Å². The van der Waals surface area contributed by atoms with Crippen LogP contribution < -0.4 is 10.6 Å². The van der Waals surface area contributed by atoms with Crippen LogP contribution in [0.4, 0.5) is 10.5 Å². The normalized spacial score (nSPS) is 20.2. The predicted molar refractivity (Wildman–Crippen MR) is 114 cm³/mol. The molecule has 1 saturated heterocycles. The third-order valence-electron chi connectivity index (χ3n) is 4.43. The van der Waals surface area contributed by atoms with Crippen molar-refractivity contribution < 1.29 is 19.1 Å². The minimum atomic E-state index is -0.541. The summed E-state index contributed by atoms with van der Waals surface area (Å²) in [6.45, 7) is 13.2. The number of nitrogens with one attached hydrogen (secondary N) is 2. The zero-order valence-corrected chi connectivity index (χ0v) is 18.3. The Hall–Kier alpha value is -2.12. The number of hydrogen-bond acceptors (Lipinski definition) is 5. The topological polar surface area (TPSA) is 79.9 Å². The molecule has 2 unspecified atom stereocenters. The van der Waals surface area contributed by atoms with Crippen molar-refractivity contribution in [2.24, 2.45) is 0 Å². The lowest BCUT2D eigenvalue weighted by Gasteiger charge is -2.35. The fourth-order valence-electron chi connectivity index (χ4n) is 3.37. The summed E-state index contributed by atoms with van der Waals surface area (Å²) in [6.07, 6.45) is 1.27. The molecule has 2 amide bonds. The second-order valence-corrected chi connectivity index (χ2v) is 8.72. The number of carbonyl (C=O) groups is 2. The maximum Gasteiger partial charge on any atom is 0.412 e. The monoisotopic (exact) mass is 405 g/mol. The molecule has 7 nitrogen and oxygen atoms in total. The van der Waals surface area contributed by atoms with Gasteiger partial charge in [0, 0.05) is 31.9 Å². The molecule has 29 heavy (non-hydrogen) atoms. The van der Waals surface area contributed by atoms with Gasteiger partial charge in [0.15, 0.2) is 0 Å². The molecule has 1 aliphatic heterocycles. The maximum atomic E-state index is 12.2. The second kappa shape index (κ2) is 10.6. The molecule has 1 aromatic rings. The first-order chi connectivity index (χ1) is 13.6. The molecule has 1 fully saturated rings. The van der Waals surface area contributed by atoms with E-state index in [1.54, 1.807) is 12.1 Å². The van der Waals surface area contributed by atoms with E-state index in [9.17, 15) is 9.59 Å². The van der Waals surface area contributed by atoms with E-state index in [0.29, 0.717) is 18.7 Å². The number of ether oxygens (including phenoxy) is 2. The number of morpholine rings is 1. The number of amides is 2. The van der Waals surface area contributed by atoms with Gasteiger partial charge in [-0.05, 0) is 58.7 Å². The van der Waals surface area contributed by atoms with E-state index in [1.165, 1.54) is 0 Å². The van der Waals surface area contributed by atoms with Gasteiger partial charge in [0.2, 0.25) is 5.91 Å². The van der Waals surface area contributed by atoms with E-state index >= 15 is 0 Å². The largest absolute Gasteiger partial charge is 0.444 e. The third-order valence-corrected chi connectivity index (χ3v) is 4.43. The Morgan fingerprint density at radius 1 is 1.14 bits per heavy atom. The van der Waals surface area contributed by atoms with E-state index in [1.807, 2.05) is 32.9 Å². The zero-order valence-electron chi connectivity index (χ0n) is 18.3. The number of anilines is 1. The third kappa shape index (κ3) is 9.28. The van der Waals surface area contributed by atoms with Crippen LogP contribution in [0.5, 0.6) is 0 Å². The minimum Gasteiger partial charge on any atom is -0.444 e.